The number of benzene rings is 1. The Morgan fingerprint density at radius 3 is 2.83 bits per heavy atom. The molecule has 0 saturated heterocycles. The van der Waals surface area contributed by atoms with Gasteiger partial charge in [0, 0.05) is 10.9 Å². The number of rotatable bonds is 6. The van der Waals surface area contributed by atoms with E-state index >= 15 is 0 Å². The molecule has 1 aromatic carbocycles. The molecular weight excluding hydrogens is 244 g/mol. The van der Waals surface area contributed by atoms with Crippen LogP contribution in [-0.2, 0) is 0 Å². The highest BCUT2D eigenvalue weighted by atomic mass is 32.2. The summed E-state index contributed by atoms with van der Waals surface area (Å²) >= 11 is 1.57. The summed E-state index contributed by atoms with van der Waals surface area (Å²) in [6.45, 7) is 5.29. The second-order valence-corrected chi connectivity index (χ2v) is 4.95. The van der Waals surface area contributed by atoms with Crippen molar-refractivity contribution in [2.24, 2.45) is 0 Å². The van der Waals surface area contributed by atoms with Gasteiger partial charge < -0.3 is 9.73 Å². The van der Waals surface area contributed by atoms with Crippen LogP contribution in [-0.4, -0.2) is 11.5 Å². The Kier molecular flexibility index (Phi) is 4.84. The molecule has 0 fully saturated rings. The summed E-state index contributed by atoms with van der Waals surface area (Å²) < 4.78 is 5.30. The quantitative estimate of drug-likeness (QED) is 0.857. The van der Waals surface area contributed by atoms with Gasteiger partial charge in [-0.2, -0.15) is 0 Å². The molecule has 0 aliphatic rings. The smallest absolute Gasteiger partial charge is 0.260 e. The van der Waals surface area contributed by atoms with Gasteiger partial charge in [-0.05, 0) is 36.4 Å². The maximum Gasteiger partial charge on any atom is 0.260 e. The zero-order valence-electron chi connectivity index (χ0n) is 10.7. The topological polar surface area (TPSA) is 38.1 Å². The van der Waals surface area contributed by atoms with Crippen molar-refractivity contribution in [3.63, 3.8) is 0 Å². The Morgan fingerprint density at radius 1 is 1.33 bits per heavy atom. The molecule has 1 heterocycles. The predicted molar refractivity (Wildman–Crippen MR) is 73.8 cm³/mol. The molecule has 1 unspecified atom stereocenters. The number of hydrogen-bond donors (Lipinski definition) is 1. The second kappa shape index (κ2) is 6.61. The lowest BCUT2D eigenvalue weighted by Crippen LogP contribution is -2.20. The molecule has 0 amide bonds. The molecule has 2 rings (SSSR count). The summed E-state index contributed by atoms with van der Waals surface area (Å²) in [5, 5.41) is 4.19. The lowest BCUT2D eigenvalue weighted by atomic mass is 10.0. The van der Waals surface area contributed by atoms with E-state index in [1.807, 2.05) is 6.07 Å². The Labute approximate surface area is 112 Å². The van der Waals surface area contributed by atoms with Crippen LogP contribution in [0.25, 0.3) is 0 Å². The fourth-order valence-corrected chi connectivity index (χ4v) is 2.82. The van der Waals surface area contributed by atoms with Gasteiger partial charge in [0.25, 0.3) is 5.22 Å². The van der Waals surface area contributed by atoms with Gasteiger partial charge in [-0.25, -0.2) is 4.98 Å². The Balaban J connectivity index is 2.24. The van der Waals surface area contributed by atoms with Crippen molar-refractivity contribution in [3.05, 3.63) is 42.3 Å². The molecule has 1 N–H and O–H groups in total. The molecule has 0 radical (unpaired) electrons. The van der Waals surface area contributed by atoms with Gasteiger partial charge in [-0.15, -0.1) is 0 Å². The van der Waals surface area contributed by atoms with E-state index in [0.29, 0.717) is 11.3 Å². The zero-order chi connectivity index (χ0) is 12.8. The van der Waals surface area contributed by atoms with Crippen molar-refractivity contribution in [2.45, 2.75) is 36.4 Å². The van der Waals surface area contributed by atoms with Gasteiger partial charge in [-0.3, -0.25) is 0 Å². The first-order chi connectivity index (χ1) is 8.85. The third-order valence-corrected chi connectivity index (χ3v) is 3.73. The number of hydrogen-bond acceptors (Lipinski definition) is 4. The van der Waals surface area contributed by atoms with Crippen molar-refractivity contribution in [3.8, 4) is 0 Å². The minimum absolute atomic E-state index is 0.383. The fraction of sp³-hybridized carbons (Fsp3) is 0.357. The number of oxazole rings is 1. The molecule has 0 spiro atoms. The van der Waals surface area contributed by atoms with Gasteiger partial charge in [0.1, 0.15) is 6.26 Å². The average Bonchev–Trinajstić information content (AvgIpc) is 2.90. The first-order valence-electron chi connectivity index (χ1n) is 6.24. The maximum atomic E-state index is 5.30. The monoisotopic (exact) mass is 262 g/mol. The SMILES string of the molecule is CCNC(CC)c1ccccc1Sc1ncco1. The van der Waals surface area contributed by atoms with E-state index in [0.717, 1.165) is 13.0 Å². The van der Waals surface area contributed by atoms with Crippen LogP contribution in [0.1, 0.15) is 31.9 Å². The largest absolute Gasteiger partial charge is 0.440 e. The van der Waals surface area contributed by atoms with E-state index in [9.17, 15) is 0 Å². The molecule has 0 bridgehead atoms. The minimum Gasteiger partial charge on any atom is -0.440 e. The molecule has 2 aromatic rings. The first kappa shape index (κ1) is 13.2. The van der Waals surface area contributed by atoms with Gasteiger partial charge >= 0.3 is 0 Å². The normalized spacial score (nSPS) is 12.6. The molecule has 1 aromatic heterocycles. The second-order valence-electron chi connectivity index (χ2n) is 3.96. The first-order valence-corrected chi connectivity index (χ1v) is 7.06. The summed E-state index contributed by atoms with van der Waals surface area (Å²) in [6.07, 6.45) is 4.34. The highest BCUT2D eigenvalue weighted by molar-refractivity contribution is 7.99. The minimum atomic E-state index is 0.383. The van der Waals surface area contributed by atoms with Crippen LogP contribution in [0.3, 0.4) is 0 Å². The number of aromatic nitrogens is 1. The summed E-state index contributed by atoms with van der Waals surface area (Å²) in [7, 11) is 0. The molecule has 1 atom stereocenters. The lowest BCUT2D eigenvalue weighted by Gasteiger charge is -2.18. The molecule has 18 heavy (non-hydrogen) atoms. The molecule has 96 valence electrons. The van der Waals surface area contributed by atoms with Gasteiger partial charge in [-0.1, -0.05) is 32.0 Å². The van der Waals surface area contributed by atoms with Crippen molar-refractivity contribution >= 4 is 11.8 Å². The van der Waals surface area contributed by atoms with E-state index in [-0.39, 0.29) is 0 Å². The van der Waals surface area contributed by atoms with E-state index in [1.165, 1.54) is 10.5 Å². The average molecular weight is 262 g/mol. The van der Waals surface area contributed by atoms with Crippen molar-refractivity contribution in [1.29, 1.82) is 0 Å². The molecule has 0 aliphatic heterocycles. The van der Waals surface area contributed by atoms with Crippen LogP contribution < -0.4 is 5.32 Å². The highest BCUT2D eigenvalue weighted by Crippen LogP contribution is 2.33. The molecule has 4 heteroatoms. The van der Waals surface area contributed by atoms with Crippen LogP contribution in [0.15, 0.2) is 51.3 Å². The van der Waals surface area contributed by atoms with Crippen LogP contribution in [0, 0.1) is 0 Å². The predicted octanol–water partition coefficient (Wildman–Crippen LogP) is 3.89. The van der Waals surface area contributed by atoms with E-state index in [2.05, 4.69) is 42.3 Å². The van der Waals surface area contributed by atoms with Crippen molar-refractivity contribution in [1.82, 2.24) is 10.3 Å². The summed E-state index contributed by atoms with van der Waals surface area (Å²) in [5.74, 6) is 0. The van der Waals surface area contributed by atoms with Gasteiger partial charge in [0.2, 0.25) is 0 Å². The molecular formula is C14H18N2OS. The summed E-state index contributed by atoms with van der Waals surface area (Å²) in [4.78, 5) is 5.36. The van der Waals surface area contributed by atoms with Crippen LogP contribution in [0.5, 0.6) is 0 Å². The lowest BCUT2D eigenvalue weighted by molar-refractivity contribution is 0.453. The van der Waals surface area contributed by atoms with E-state index < -0.39 is 0 Å². The van der Waals surface area contributed by atoms with E-state index in [1.54, 1.807) is 24.2 Å². The van der Waals surface area contributed by atoms with Crippen LogP contribution in [0.4, 0.5) is 0 Å². The van der Waals surface area contributed by atoms with Crippen molar-refractivity contribution < 1.29 is 4.42 Å². The molecule has 0 aliphatic carbocycles. The Morgan fingerprint density at radius 2 is 2.17 bits per heavy atom. The fourth-order valence-electron chi connectivity index (χ4n) is 1.94. The van der Waals surface area contributed by atoms with Gasteiger partial charge in [0.05, 0.1) is 6.20 Å². The molecule has 0 saturated carbocycles. The molecule has 3 nitrogen and oxygen atoms in total. The van der Waals surface area contributed by atoms with Crippen LogP contribution in [0.2, 0.25) is 0 Å². The van der Waals surface area contributed by atoms with Crippen LogP contribution >= 0.6 is 11.8 Å². The van der Waals surface area contributed by atoms with E-state index in [4.69, 9.17) is 4.42 Å². The maximum absolute atomic E-state index is 5.30. The third-order valence-electron chi connectivity index (χ3n) is 2.76. The summed E-state index contributed by atoms with van der Waals surface area (Å²) in [6, 6.07) is 8.79. The summed E-state index contributed by atoms with van der Waals surface area (Å²) in [5.41, 5.74) is 1.31. The Bertz CT molecular complexity index is 470. The zero-order valence-corrected chi connectivity index (χ0v) is 11.5. The standard InChI is InChI=1S/C14H18N2OS/c1-3-12(15-4-2)11-7-5-6-8-13(11)18-14-16-9-10-17-14/h5-10,12,15H,3-4H2,1-2H3. The highest BCUT2D eigenvalue weighted by Gasteiger charge is 2.14. The number of nitrogens with zero attached hydrogens (tertiary/aromatic N) is 1. The Hall–Kier alpha value is -1.26. The van der Waals surface area contributed by atoms with Crippen molar-refractivity contribution in [2.75, 3.05) is 6.54 Å². The van der Waals surface area contributed by atoms with Gasteiger partial charge in [0.15, 0.2) is 0 Å². The third kappa shape index (κ3) is 3.15. The number of nitrogens with one attached hydrogen (secondary N) is 1.